The fourth-order valence-electron chi connectivity index (χ4n) is 1.93. The van der Waals surface area contributed by atoms with Crippen LogP contribution in [-0.2, 0) is 0 Å². The van der Waals surface area contributed by atoms with E-state index in [2.05, 4.69) is 9.97 Å². The number of carboxylic acids is 1. The van der Waals surface area contributed by atoms with Gasteiger partial charge in [0.2, 0.25) is 0 Å². The van der Waals surface area contributed by atoms with Gasteiger partial charge in [-0.25, -0.2) is 9.78 Å². The maximum absolute atomic E-state index is 11.2. The van der Waals surface area contributed by atoms with E-state index in [1.54, 1.807) is 13.0 Å². The summed E-state index contributed by atoms with van der Waals surface area (Å²) in [6, 6.07) is 5.42. The van der Waals surface area contributed by atoms with E-state index in [9.17, 15) is 4.79 Å². The van der Waals surface area contributed by atoms with Crippen LogP contribution in [0.3, 0.4) is 0 Å². The minimum Gasteiger partial charge on any atom is -0.477 e. The van der Waals surface area contributed by atoms with E-state index in [-0.39, 0.29) is 5.69 Å². The minimum absolute atomic E-state index is 0.0185. The van der Waals surface area contributed by atoms with Gasteiger partial charge >= 0.3 is 5.97 Å². The van der Waals surface area contributed by atoms with Crippen LogP contribution in [0.15, 0.2) is 18.2 Å². The van der Waals surface area contributed by atoms with E-state index in [1.807, 2.05) is 26.0 Å². The summed E-state index contributed by atoms with van der Waals surface area (Å²) in [4.78, 5) is 19.7. The number of pyridine rings is 2. The number of nitrogens with two attached hydrogens (primary N) is 1. The molecule has 0 spiro atoms. The van der Waals surface area contributed by atoms with Crippen LogP contribution in [-0.4, -0.2) is 21.0 Å². The molecule has 0 aromatic carbocycles. The topological polar surface area (TPSA) is 89.1 Å². The summed E-state index contributed by atoms with van der Waals surface area (Å²) in [7, 11) is 0. The molecule has 0 bridgehead atoms. The van der Waals surface area contributed by atoms with Gasteiger partial charge in [0.1, 0.15) is 0 Å². The first-order valence-electron chi connectivity index (χ1n) is 5.85. The number of carboxylic acid groups (broad SMARTS) is 1. The first-order valence-corrected chi connectivity index (χ1v) is 5.85. The number of hydrogen-bond donors (Lipinski definition) is 2. The molecule has 0 aliphatic heterocycles. The van der Waals surface area contributed by atoms with E-state index in [4.69, 9.17) is 10.8 Å². The fraction of sp³-hybridized carbons (Fsp3) is 0.214. The second-order valence-electron chi connectivity index (χ2n) is 4.46. The molecule has 2 rings (SSSR count). The maximum atomic E-state index is 11.2. The van der Waals surface area contributed by atoms with Crippen molar-refractivity contribution in [1.82, 2.24) is 9.97 Å². The molecule has 3 N–H and O–H groups in total. The Morgan fingerprint density at radius 2 is 1.89 bits per heavy atom. The summed E-state index contributed by atoms with van der Waals surface area (Å²) in [5.41, 5.74) is 9.76. The van der Waals surface area contributed by atoms with Crippen LogP contribution in [0.1, 0.15) is 27.4 Å². The van der Waals surface area contributed by atoms with Gasteiger partial charge in [-0.3, -0.25) is 4.98 Å². The maximum Gasteiger partial charge on any atom is 0.354 e. The third kappa shape index (κ3) is 2.40. The third-order valence-electron chi connectivity index (χ3n) is 3.02. The number of nitrogens with zero attached hydrogens (tertiary/aromatic N) is 2. The summed E-state index contributed by atoms with van der Waals surface area (Å²) in [6.07, 6.45) is 0. The molecule has 0 atom stereocenters. The Morgan fingerprint density at radius 3 is 2.47 bits per heavy atom. The predicted molar refractivity (Wildman–Crippen MR) is 73.1 cm³/mol. The Bertz CT molecular complexity index is 666. The largest absolute Gasteiger partial charge is 0.477 e. The van der Waals surface area contributed by atoms with Crippen molar-refractivity contribution in [2.75, 3.05) is 5.73 Å². The van der Waals surface area contributed by atoms with Gasteiger partial charge in [-0.05, 0) is 39.0 Å². The average molecular weight is 257 g/mol. The molecule has 0 saturated carbocycles. The zero-order valence-corrected chi connectivity index (χ0v) is 11.1. The molecular weight excluding hydrogens is 242 g/mol. The number of aromatic carboxylic acids is 1. The van der Waals surface area contributed by atoms with Crippen LogP contribution in [0.2, 0.25) is 0 Å². The Hall–Kier alpha value is -2.43. The van der Waals surface area contributed by atoms with E-state index >= 15 is 0 Å². The van der Waals surface area contributed by atoms with Crippen LogP contribution in [0.25, 0.3) is 11.3 Å². The van der Waals surface area contributed by atoms with Gasteiger partial charge in [0.15, 0.2) is 5.69 Å². The number of carbonyl (C=O) groups is 1. The van der Waals surface area contributed by atoms with Crippen LogP contribution < -0.4 is 5.73 Å². The molecule has 0 unspecified atom stereocenters. The highest BCUT2D eigenvalue weighted by molar-refractivity contribution is 5.90. The summed E-state index contributed by atoms with van der Waals surface area (Å²) >= 11 is 0. The van der Waals surface area contributed by atoms with Crippen molar-refractivity contribution in [3.8, 4) is 11.3 Å². The predicted octanol–water partition coefficient (Wildman–Crippen LogP) is 2.35. The number of aromatic nitrogens is 2. The van der Waals surface area contributed by atoms with Crippen LogP contribution in [0, 0.1) is 20.8 Å². The molecular formula is C14H15N3O2. The Labute approximate surface area is 111 Å². The summed E-state index contributed by atoms with van der Waals surface area (Å²) < 4.78 is 0. The lowest BCUT2D eigenvalue weighted by atomic mass is 10.1. The molecule has 5 nitrogen and oxygen atoms in total. The molecule has 0 aliphatic carbocycles. The fourth-order valence-corrected chi connectivity index (χ4v) is 1.93. The highest BCUT2D eigenvalue weighted by Crippen LogP contribution is 2.25. The quantitative estimate of drug-likeness (QED) is 0.862. The van der Waals surface area contributed by atoms with Gasteiger partial charge in [0.25, 0.3) is 0 Å². The van der Waals surface area contributed by atoms with Gasteiger partial charge < -0.3 is 10.8 Å². The number of rotatable bonds is 2. The standard InChI is InChI=1S/C14H15N3O2/c1-7-4-5-10(9(3)16-7)12-6-11(15)8(2)13(17-12)14(18)19/h4-6H,1-3H3,(H2,15,17)(H,18,19). The molecule has 19 heavy (non-hydrogen) atoms. The van der Waals surface area contributed by atoms with Crippen molar-refractivity contribution < 1.29 is 9.90 Å². The number of hydrogen-bond acceptors (Lipinski definition) is 4. The Kier molecular flexibility index (Phi) is 3.21. The number of anilines is 1. The summed E-state index contributed by atoms with van der Waals surface area (Å²) in [5, 5.41) is 9.14. The smallest absolute Gasteiger partial charge is 0.354 e. The third-order valence-corrected chi connectivity index (χ3v) is 3.02. The van der Waals surface area contributed by atoms with Gasteiger partial charge in [-0.2, -0.15) is 0 Å². The molecule has 0 aliphatic rings. The molecule has 0 fully saturated rings. The second-order valence-corrected chi connectivity index (χ2v) is 4.46. The van der Waals surface area contributed by atoms with Crippen molar-refractivity contribution in [3.63, 3.8) is 0 Å². The lowest BCUT2D eigenvalue weighted by Crippen LogP contribution is -2.08. The molecule has 98 valence electrons. The lowest BCUT2D eigenvalue weighted by molar-refractivity contribution is 0.0690. The molecule has 0 saturated heterocycles. The van der Waals surface area contributed by atoms with Gasteiger partial charge in [0.05, 0.1) is 5.69 Å². The SMILES string of the molecule is Cc1ccc(-c2cc(N)c(C)c(C(=O)O)n2)c(C)n1. The van der Waals surface area contributed by atoms with Gasteiger partial charge in [-0.15, -0.1) is 0 Å². The van der Waals surface area contributed by atoms with Crippen molar-refractivity contribution >= 4 is 11.7 Å². The molecule has 2 heterocycles. The van der Waals surface area contributed by atoms with Gasteiger partial charge in [0, 0.05) is 28.2 Å². The highest BCUT2D eigenvalue weighted by atomic mass is 16.4. The molecule has 2 aromatic heterocycles. The highest BCUT2D eigenvalue weighted by Gasteiger charge is 2.15. The van der Waals surface area contributed by atoms with Crippen molar-refractivity contribution in [2.24, 2.45) is 0 Å². The van der Waals surface area contributed by atoms with E-state index < -0.39 is 5.97 Å². The Balaban J connectivity index is 2.66. The normalized spacial score (nSPS) is 10.5. The zero-order valence-electron chi connectivity index (χ0n) is 11.1. The van der Waals surface area contributed by atoms with Crippen LogP contribution in [0.4, 0.5) is 5.69 Å². The van der Waals surface area contributed by atoms with Crippen molar-refractivity contribution in [2.45, 2.75) is 20.8 Å². The number of nitrogen functional groups attached to an aromatic ring is 1. The first-order chi connectivity index (χ1) is 8.90. The van der Waals surface area contributed by atoms with Gasteiger partial charge in [-0.1, -0.05) is 0 Å². The minimum atomic E-state index is -1.08. The summed E-state index contributed by atoms with van der Waals surface area (Å²) in [5.74, 6) is -1.08. The Morgan fingerprint density at radius 1 is 1.21 bits per heavy atom. The second kappa shape index (κ2) is 4.68. The van der Waals surface area contributed by atoms with Crippen LogP contribution in [0.5, 0.6) is 0 Å². The lowest BCUT2D eigenvalue weighted by Gasteiger charge is -2.10. The molecule has 0 radical (unpaired) electrons. The van der Waals surface area contributed by atoms with E-state index in [0.29, 0.717) is 16.9 Å². The summed E-state index contributed by atoms with van der Waals surface area (Å²) in [6.45, 7) is 5.41. The van der Waals surface area contributed by atoms with E-state index in [0.717, 1.165) is 17.0 Å². The molecule has 5 heteroatoms. The van der Waals surface area contributed by atoms with Crippen molar-refractivity contribution in [3.05, 3.63) is 40.8 Å². The molecule has 0 amide bonds. The first kappa shape index (κ1) is 13.0. The van der Waals surface area contributed by atoms with Crippen LogP contribution >= 0.6 is 0 Å². The van der Waals surface area contributed by atoms with E-state index in [1.165, 1.54) is 0 Å². The monoisotopic (exact) mass is 257 g/mol. The number of aryl methyl sites for hydroxylation is 2. The molecule has 2 aromatic rings. The zero-order chi connectivity index (χ0) is 14.2. The average Bonchev–Trinajstić information content (AvgIpc) is 2.32. The van der Waals surface area contributed by atoms with Crippen molar-refractivity contribution in [1.29, 1.82) is 0 Å².